The van der Waals surface area contributed by atoms with Crippen molar-refractivity contribution in [1.29, 1.82) is 0 Å². The molecule has 0 aromatic heterocycles. The molecule has 0 N–H and O–H groups in total. The van der Waals surface area contributed by atoms with E-state index in [1.807, 2.05) is 4.61 Å². The molecule has 0 saturated carbocycles. The summed E-state index contributed by atoms with van der Waals surface area (Å²) in [5.41, 5.74) is 0.197. The second kappa shape index (κ2) is 3.29. The van der Waals surface area contributed by atoms with Crippen molar-refractivity contribution >= 4 is 24.0 Å². The topological polar surface area (TPSA) is 0 Å². The molecule has 0 aliphatic carbocycles. The Labute approximate surface area is 63.7 Å². The Hall–Kier alpha value is 1.07. The van der Waals surface area contributed by atoms with Crippen molar-refractivity contribution in [1.82, 2.24) is 0 Å². The Bertz CT molecular complexity index is 97.5. The first-order valence-electron chi connectivity index (χ1n) is 2.26. The molecule has 3 heteroatoms. The summed E-state index contributed by atoms with van der Waals surface area (Å²) in [6.45, 7) is 6.29. The van der Waals surface area contributed by atoms with E-state index in [1.165, 1.54) is 0 Å². The van der Waals surface area contributed by atoms with E-state index in [0.29, 0.717) is 0 Å². The van der Waals surface area contributed by atoms with Crippen molar-refractivity contribution < 1.29 is 13.5 Å². The molecule has 0 spiro atoms. The number of hydrogen-bond acceptors (Lipinski definition) is 0. The predicted octanol–water partition coefficient (Wildman–Crippen LogP) is 2.76. The summed E-state index contributed by atoms with van der Waals surface area (Å²) < 4.78 is 2.03. The third kappa shape index (κ3) is 7.07. The molecule has 0 rings (SSSR count). The summed E-state index contributed by atoms with van der Waals surface area (Å²) in [5.74, 6) is 0. The van der Waals surface area contributed by atoms with E-state index >= 15 is 0 Å². The third-order valence-electron chi connectivity index (χ3n) is 0.383. The average Bonchev–Trinajstić information content (AvgIpc) is 1.21. The van der Waals surface area contributed by atoms with E-state index in [0.717, 1.165) is 0 Å². The van der Waals surface area contributed by atoms with Crippen molar-refractivity contribution in [2.24, 2.45) is 5.41 Å². The van der Waals surface area contributed by atoms with Gasteiger partial charge < -0.3 is 0 Å². The molecule has 0 aliphatic heterocycles. The zero-order valence-electron chi connectivity index (χ0n) is 5.19. The molecule has 52 valence electrons. The van der Waals surface area contributed by atoms with Crippen LogP contribution in [0.15, 0.2) is 0 Å². The van der Waals surface area contributed by atoms with Crippen LogP contribution in [0.4, 0.5) is 0 Å². The van der Waals surface area contributed by atoms with Gasteiger partial charge in [0.25, 0.3) is 0 Å². The fourth-order valence-electron chi connectivity index (χ4n) is 0.231. The minimum absolute atomic E-state index is 0.197. The second-order valence-corrected chi connectivity index (χ2v) is 8.40. The van der Waals surface area contributed by atoms with Crippen molar-refractivity contribution in [3.63, 3.8) is 0 Å². The molecule has 8 heavy (non-hydrogen) atoms. The van der Waals surface area contributed by atoms with Crippen LogP contribution in [0.5, 0.6) is 0 Å². The van der Waals surface area contributed by atoms with Crippen LogP contribution in [0.2, 0.25) is 0 Å². The maximum atomic E-state index is 5.62. The molecule has 0 unspecified atom stereocenters. The van der Waals surface area contributed by atoms with Gasteiger partial charge in [0.05, 0.1) is 0 Å². The van der Waals surface area contributed by atoms with Gasteiger partial charge in [-0.1, -0.05) is 0 Å². The molecule has 0 aliphatic rings. The van der Waals surface area contributed by atoms with Gasteiger partial charge >= 0.3 is 63.7 Å². The maximum absolute atomic E-state index is 5.62. The molecular formula is C5H10Cl2Ru. The Morgan fingerprint density at radius 3 is 1.62 bits per heavy atom. The van der Waals surface area contributed by atoms with Gasteiger partial charge in [0, 0.05) is 0 Å². The van der Waals surface area contributed by atoms with E-state index in [-0.39, 0.29) is 5.41 Å². The fraction of sp³-hybridized carbons (Fsp3) is 0.800. The van der Waals surface area contributed by atoms with Gasteiger partial charge in [-0.3, -0.25) is 0 Å². The molecule has 0 saturated heterocycles. The minimum atomic E-state index is -1.51. The van der Waals surface area contributed by atoms with Gasteiger partial charge in [0.2, 0.25) is 0 Å². The Morgan fingerprint density at radius 2 is 1.62 bits per heavy atom. The van der Waals surface area contributed by atoms with E-state index in [2.05, 4.69) is 20.8 Å². The van der Waals surface area contributed by atoms with E-state index < -0.39 is 13.5 Å². The molecule has 0 nitrogen and oxygen atoms in total. The summed E-state index contributed by atoms with van der Waals surface area (Å²) in [6.07, 6.45) is 0. The second-order valence-electron chi connectivity index (χ2n) is 2.67. The zero-order chi connectivity index (χ0) is 6.78. The molecule has 0 heterocycles. The first kappa shape index (κ1) is 9.07. The quantitative estimate of drug-likeness (QED) is 0.573. The van der Waals surface area contributed by atoms with Crippen LogP contribution in [0, 0.1) is 5.41 Å². The van der Waals surface area contributed by atoms with Gasteiger partial charge in [-0.25, -0.2) is 0 Å². The Balaban J connectivity index is 3.89. The fourth-order valence-corrected chi connectivity index (χ4v) is 4.11. The van der Waals surface area contributed by atoms with Gasteiger partial charge in [-0.2, -0.15) is 0 Å². The summed E-state index contributed by atoms with van der Waals surface area (Å²) in [5, 5.41) is 0. The molecule has 0 radical (unpaired) electrons. The Morgan fingerprint density at radius 1 is 1.25 bits per heavy atom. The summed E-state index contributed by atoms with van der Waals surface area (Å²) in [4.78, 5) is 0. The standard InChI is InChI=1S/C5H10.2ClH.Ru/c1-5(2,3)4;;;/h1H,2-4H3;2*1H;/q;;;+2/p-2. The summed E-state index contributed by atoms with van der Waals surface area (Å²) in [7, 11) is 11.2. The van der Waals surface area contributed by atoms with Crippen LogP contribution in [0.25, 0.3) is 0 Å². The van der Waals surface area contributed by atoms with Crippen LogP contribution in [0.3, 0.4) is 0 Å². The monoisotopic (exact) mass is 242 g/mol. The molecule has 0 fully saturated rings. The molecule has 0 aromatic carbocycles. The van der Waals surface area contributed by atoms with Crippen LogP contribution in [-0.2, 0) is 13.5 Å². The van der Waals surface area contributed by atoms with Crippen LogP contribution in [-0.4, -0.2) is 4.61 Å². The average molecular weight is 242 g/mol. The van der Waals surface area contributed by atoms with Crippen LogP contribution in [0.1, 0.15) is 20.8 Å². The first-order chi connectivity index (χ1) is 3.42. The third-order valence-corrected chi connectivity index (χ3v) is 3.18. The molecule has 0 bridgehead atoms. The van der Waals surface area contributed by atoms with Gasteiger partial charge in [-0.15, -0.1) is 0 Å². The van der Waals surface area contributed by atoms with E-state index in [9.17, 15) is 0 Å². The van der Waals surface area contributed by atoms with Crippen molar-refractivity contribution in [2.45, 2.75) is 20.8 Å². The van der Waals surface area contributed by atoms with Gasteiger partial charge in [0.1, 0.15) is 0 Å². The number of hydrogen-bond donors (Lipinski definition) is 0. The molecule has 0 amide bonds. The van der Waals surface area contributed by atoms with Crippen LogP contribution < -0.4 is 0 Å². The van der Waals surface area contributed by atoms with E-state index in [4.69, 9.17) is 19.4 Å². The summed E-state index contributed by atoms with van der Waals surface area (Å²) in [6, 6.07) is 0. The SMILES string of the molecule is CC(C)(C)[CH]=[Ru]([Cl])[Cl]. The van der Waals surface area contributed by atoms with Crippen molar-refractivity contribution in [3.05, 3.63) is 0 Å². The number of halogens is 2. The van der Waals surface area contributed by atoms with E-state index in [1.54, 1.807) is 0 Å². The molecular weight excluding hydrogens is 232 g/mol. The van der Waals surface area contributed by atoms with Gasteiger partial charge in [0.15, 0.2) is 0 Å². The summed E-state index contributed by atoms with van der Waals surface area (Å²) >= 11 is -1.51. The predicted molar refractivity (Wildman–Crippen MR) is 37.2 cm³/mol. The van der Waals surface area contributed by atoms with Crippen molar-refractivity contribution in [3.8, 4) is 0 Å². The normalized spacial score (nSPS) is 13.4. The zero-order valence-corrected chi connectivity index (χ0v) is 8.44. The van der Waals surface area contributed by atoms with Gasteiger partial charge in [-0.05, 0) is 0 Å². The Kier molecular flexibility index (Phi) is 3.74. The molecule has 0 atom stereocenters. The number of rotatable bonds is 0. The molecule has 0 aromatic rings. The first-order valence-corrected chi connectivity index (χ1v) is 7.74. The van der Waals surface area contributed by atoms with Crippen molar-refractivity contribution in [2.75, 3.05) is 0 Å². The van der Waals surface area contributed by atoms with Crippen LogP contribution >= 0.6 is 19.4 Å².